The molecule has 2 N–H and O–H groups in total. The number of hydrogen-bond donors (Lipinski definition) is 1. The second-order valence-corrected chi connectivity index (χ2v) is 3.22. The predicted molar refractivity (Wildman–Crippen MR) is 53.3 cm³/mol. The van der Waals surface area contributed by atoms with Crippen LogP contribution in [-0.2, 0) is 0 Å². The molecule has 4 nitrogen and oxygen atoms in total. The van der Waals surface area contributed by atoms with E-state index in [0.717, 1.165) is 11.1 Å². The van der Waals surface area contributed by atoms with E-state index in [1.807, 2.05) is 25.3 Å². The Hall–Kier alpha value is -1.68. The van der Waals surface area contributed by atoms with Gasteiger partial charge in [0.15, 0.2) is 5.78 Å². The van der Waals surface area contributed by atoms with Gasteiger partial charge in [0.25, 0.3) is 0 Å². The maximum atomic E-state index is 11.4. The highest BCUT2D eigenvalue weighted by Crippen LogP contribution is 2.12. The lowest BCUT2D eigenvalue weighted by Gasteiger charge is -1.97. The summed E-state index contributed by atoms with van der Waals surface area (Å²) >= 11 is 0. The lowest BCUT2D eigenvalue weighted by molar-refractivity contribution is 0.100. The van der Waals surface area contributed by atoms with E-state index in [4.69, 9.17) is 5.73 Å². The molecule has 2 heterocycles. The summed E-state index contributed by atoms with van der Waals surface area (Å²) < 4.78 is 1.68. The van der Waals surface area contributed by atoms with Gasteiger partial charge in [-0.2, -0.15) is 5.10 Å². The fourth-order valence-corrected chi connectivity index (χ4v) is 1.41. The Kier molecular flexibility index (Phi) is 2.05. The molecular formula is C10H11N3O. The van der Waals surface area contributed by atoms with Crippen LogP contribution >= 0.6 is 0 Å². The number of aromatic nitrogens is 2. The van der Waals surface area contributed by atoms with Crippen LogP contribution in [0.1, 0.15) is 15.9 Å². The minimum Gasteiger partial charge on any atom is -0.324 e. The zero-order valence-corrected chi connectivity index (χ0v) is 7.90. The minimum atomic E-state index is -0.0781. The van der Waals surface area contributed by atoms with Gasteiger partial charge in [-0.15, -0.1) is 0 Å². The number of hydrogen-bond acceptors (Lipinski definition) is 3. The molecule has 72 valence electrons. The Morgan fingerprint density at radius 1 is 1.64 bits per heavy atom. The molecule has 0 aliphatic carbocycles. The largest absolute Gasteiger partial charge is 0.324 e. The van der Waals surface area contributed by atoms with Gasteiger partial charge in [-0.05, 0) is 24.6 Å². The third-order valence-corrected chi connectivity index (χ3v) is 2.16. The van der Waals surface area contributed by atoms with Crippen LogP contribution in [-0.4, -0.2) is 21.9 Å². The Balaban J connectivity index is 2.67. The highest BCUT2D eigenvalue weighted by atomic mass is 16.1. The molecule has 0 aromatic carbocycles. The van der Waals surface area contributed by atoms with E-state index in [1.54, 1.807) is 10.7 Å². The smallest absolute Gasteiger partial charge is 0.180 e. The van der Waals surface area contributed by atoms with Gasteiger partial charge in [-0.3, -0.25) is 4.79 Å². The second-order valence-electron chi connectivity index (χ2n) is 3.22. The van der Waals surface area contributed by atoms with E-state index in [0.29, 0.717) is 5.56 Å². The van der Waals surface area contributed by atoms with Crippen molar-refractivity contribution < 1.29 is 4.79 Å². The van der Waals surface area contributed by atoms with Crippen molar-refractivity contribution in [1.82, 2.24) is 9.61 Å². The third kappa shape index (κ3) is 1.29. The van der Waals surface area contributed by atoms with Crippen molar-refractivity contribution in [2.24, 2.45) is 5.73 Å². The second kappa shape index (κ2) is 3.23. The molecule has 0 spiro atoms. The quantitative estimate of drug-likeness (QED) is 0.710. The maximum Gasteiger partial charge on any atom is 0.180 e. The summed E-state index contributed by atoms with van der Waals surface area (Å²) in [5.74, 6) is -0.0781. The molecule has 0 unspecified atom stereocenters. The number of nitrogens with zero attached hydrogens (tertiary/aromatic N) is 2. The van der Waals surface area contributed by atoms with Gasteiger partial charge in [0, 0.05) is 6.20 Å². The van der Waals surface area contributed by atoms with Gasteiger partial charge in [0.2, 0.25) is 0 Å². The normalized spacial score (nSPS) is 10.7. The van der Waals surface area contributed by atoms with Crippen molar-refractivity contribution in [3.8, 4) is 0 Å². The molecule has 0 radical (unpaired) electrons. The molecule has 0 aliphatic rings. The van der Waals surface area contributed by atoms with Gasteiger partial charge in [0.1, 0.15) is 0 Å². The number of fused-ring (bicyclic) bond motifs is 1. The van der Waals surface area contributed by atoms with Crippen LogP contribution in [0, 0.1) is 6.92 Å². The van der Waals surface area contributed by atoms with Gasteiger partial charge in [-0.25, -0.2) is 4.52 Å². The molecule has 4 heteroatoms. The molecule has 0 bridgehead atoms. The average molecular weight is 189 g/mol. The fraction of sp³-hybridized carbons (Fsp3) is 0.200. The molecule has 14 heavy (non-hydrogen) atoms. The predicted octanol–water partition coefficient (Wildman–Crippen LogP) is 0.784. The molecule has 2 rings (SSSR count). The SMILES string of the molecule is Cc1ccn2ncc(C(=O)CN)c2c1. The molecular weight excluding hydrogens is 178 g/mol. The summed E-state index contributed by atoms with van der Waals surface area (Å²) in [6.45, 7) is 2.00. The number of aryl methyl sites for hydroxylation is 1. The summed E-state index contributed by atoms with van der Waals surface area (Å²) in [6.07, 6.45) is 3.39. The van der Waals surface area contributed by atoms with Crippen molar-refractivity contribution in [3.05, 3.63) is 35.7 Å². The highest BCUT2D eigenvalue weighted by molar-refractivity contribution is 6.03. The molecule has 0 saturated carbocycles. The van der Waals surface area contributed by atoms with Crippen molar-refractivity contribution in [3.63, 3.8) is 0 Å². The van der Waals surface area contributed by atoms with Crippen LogP contribution in [0.15, 0.2) is 24.5 Å². The Labute approximate surface area is 81.3 Å². The summed E-state index contributed by atoms with van der Waals surface area (Å²) in [6, 6.07) is 3.87. The van der Waals surface area contributed by atoms with Crippen LogP contribution in [0.2, 0.25) is 0 Å². The third-order valence-electron chi connectivity index (χ3n) is 2.16. The number of carbonyl (C=O) groups excluding carboxylic acids is 1. The molecule has 2 aromatic heterocycles. The van der Waals surface area contributed by atoms with Crippen molar-refractivity contribution in [2.75, 3.05) is 6.54 Å². The van der Waals surface area contributed by atoms with E-state index in [1.165, 1.54) is 0 Å². The van der Waals surface area contributed by atoms with Crippen LogP contribution < -0.4 is 5.73 Å². The standard InChI is InChI=1S/C10H11N3O/c1-7-2-3-13-9(4-7)8(6-12-13)10(14)5-11/h2-4,6H,5,11H2,1H3. The van der Waals surface area contributed by atoms with E-state index >= 15 is 0 Å². The number of ketones is 1. The van der Waals surface area contributed by atoms with Gasteiger partial charge < -0.3 is 5.73 Å². The molecule has 0 aliphatic heterocycles. The van der Waals surface area contributed by atoms with Crippen LogP contribution in [0.3, 0.4) is 0 Å². The van der Waals surface area contributed by atoms with E-state index in [-0.39, 0.29) is 12.3 Å². The lowest BCUT2D eigenvalue weighted by Crippen LogP contribution is -2.13. The first-order chi connectivity index (χ1) is 6.72. The average Bonchev–Trinajstić information content (AvgIpc) is 2.59. The zero-order valence-electron chi connectivity index (χ0n) is 7.90. The lowest BCUT2D eigenvalue weighted by atomic mass is 10.1. The number of nitrogens with two attached hydrogens (primary N) is 1. The summed E-state index contributed by atoms with van der Waals surface area (Å²) in [7, 11) is 0. The Bertz CT molecular complexity index is 487. The topological polar surface area (TPSA) is 60.4 Å². The van der Waals surface area contributed by atoms with Crippen molar-refractivity contribution in [2.45, 2.75) is 6.92 Å². The fourth-order valence-electron chi connectivity index (χ4n) is 1.41. The number of rotatable bonds is 2. The Morgan fingerprint density at radius 3 is 3.14 bits per heavy atom. The maximum absolute atomic E-state index is 11.4. The summed E-state index contributed by atoms with van der Waals surface area (Å²) in [5, 5.41) is 4.07. The first kappa shape index (κ1) is 8.90. The Morgan fingerprint density at radius 2 is 2.43 bits per heavy atom. The molecule has 0 atom stereocenters. The number of Topliss-reactive ketones (excluding diaryl/α,β-unsaturated/α-hetero) is 1. The van der Waals surface area contributed by atoms with Gasteiger partial charge in [-0.1, -0.05) is 0 Å². The zero-order chi connectivity index (χ0) is 10.1. The first-order valence-electron chi connectivity index (χ1n) is 4.39. The van der Waals surface area contributed by atoms with Crippen LogP contribution in [0.4, 0.5) is 0 Å². The monoisotopic (exact) mass is 189 g/mol. The highest BCUT2D eigenvalue weighted by Gasteiger charge is 2.10. The van der Waals surface area contributed by atoms with Gasteiger partial charge >= 0.3 is 0 Å². The van der Waals surface area contributed by atoms with E-state index in [9.17, 15) is 4.79 Å². The summed E-state index contributed by atoms with van der Waals surface area (Å²) in [4.78, 5) is 11.4. The van der Waals surface area contributed by atoms with E-state index < -0.39 is 0 Å². The number of carbonyl (C=O) groups is 1. The molecule has 0 amide bonds. The van der Waals surface area contributed by atoms with Gasteiger partial charge in [0.05, 0.1) is 23.8 Å². The molecule has 0 fully saturated rings. The van der Waals surface area contributed by atoms with Crippen molar-refractivity contribution >= 4 is 11.3 Å². The molecule has 0 saturated heterocycles. The first-order valence-corrected chi connectivity index (χ1v) is 4.39. The molecule has 2 aromatic rings. The van der Waals surface area contributed by atoms with Crippen molar-refractivity contribution in [1.29, 1.82) is 0 Å². The minimum absolute atomic E-state index is 0.0231. The number of pyridine rings is 1. The van der Waals surface area contributed by atoms with Crippen LogP contribution in [0.5, 0.6) is 0 Å². The summed E-state index contributed by atoms with van der Waals surface area (Å²) in [5.41, 5.74) is 7.82. The van der Waals surface area contributed by atoms with E-state index in [2.05, 4.69) is 5.10 Å². The van der Waals surface area contributed by atoms with Crippen LogP contribution in [0.25, 0.3) is 5.52 Å².